The van der Waals surface area contributed by atoms with Crippen LogP contribution in [0.4, 0.5) is 0 Å². The van der Waals surface area contributed by atoms with E-state index in [1.807, 2.05) is 20.1 Å². The lowest BCUT2D eigenvalue weighted by Gasteiger charge is -2.27. The van der Waals surface area contributed by atoms with Gasteiger partial charge in [-0.2, -0.15) is 11.8 Å². The Labute approximate surface area is 460 Å². The van der Waals surface area contributed by atoms with Gasteiger partial charge in [-0.05, 0) is 49.8 Å². The summed E-state index contributed by atoms with van der Waals surface area (Å²) in [6.45, 7) is 8.46. The van der Waals surface area contributed by atoms with Gasteiger partial charge in [0.2, 0.25) is 41.4 Å². The SMILES string of the molecule is CC[C@@H]1NC(=O)[C@H](CO)NC(=O)[C@@H](CC(=O)[C@H](C)NC(=O)[C@H](CC(N)=O)CC(=O)[C@@H](NC(=O)CCC(=O)COCCOCCNC(=O)[C@@H](N)CSC)C(C)C)COC(=O)[C@H](Cc2ccccc2)CC(=O)[C@H](CC(C)C)NC1=O. The van der Waals surface area contributed by atoms with E-state index < -0.39 is 157 Å². The van der Waals surface area contributed by atoms with Gasteiger partial charge in [-0.3, -0.25) is 57.5 Å². The predicted octanol–water partition coefficient (Wildman–Crippen LogP) is -0.875. The Balaban J connectivity index is 2.19. The number of carbonyl (C=O) groups excluding carboxylic acids is 12. The number of Topliss-reactive ketones (excluding diaryl/α,β-unsaturated/α-hetero) is 4. The number of ether oxygens (including phenoxy) is 3. The minimum atomic E-state index is -1.66. The zero-order chi connectivity index (χ0) is 58.5. The zero-order valence-corrected chi connectivity index (χ0v) is 46.7. The van der Waals surface area contributed by atoms with Crippen molar-refractivity contribution in [2.75, 3.05) is 58.2 Å². The van der Waals surface area contributed by atoms with Crippen LogP contribution in [-0.2, 0) is 78.2 Å². The van der Waals surface area contributed by atoms with Crippen molar-refractivity contribution in [3.63, 3.8) is 0 Å². The molecular weight excluding hydrogens is 1040 g/mol. The number of rotatable bonds is 32. The molecule has 0 aliphatic carbocycles. The summed E-state index contributed by atoms with van der Waals surface area (Å²) in [6.07, 6.45) is -0.736. The molecule has 0 spiro atoms. The van der Waals surface area contributed by atoms with Crippen molar-refractivity contribution in [2.45, 2.75) is 136 Å². The number of carbonyl (C=O) groups is 12. The molecule has 0 aromatic heterocycles. The average Bonchev–Trinajstić information content (AvgIpc) is 3.38. The van der Waals surface area contributed by atoms with Crippen molar-refractivity contribution in [3.8, 4) is 0 Å². The summed E-state index contributed by atoms with van der Waals surface area (Å²) in [5.41, 5.74) is 11.9. The highest BCUT2D eigenvalue weighted by Crippen LogP contribution is 2.21. The third kappa shape index (κ3) is 25.5. The number of thioether (sulfide) groups is 1. The molecule has 11 N–H and O–H groups in total. The fourth-order valence-electron chi connectivity index (χ4n) is 8.10. The van der Waals surface area contributed by atoms with E-state index >= 15 is 0 Å². The van der Waals surface area contributed by atoms with Gasteiger partial charge in [-0.25, -0.2) is 0 Å². The number of nitrogens with one attached hydrogen (secondary N) is 6. The van der Waals surface area contributed by atoms with Crippen LogP contribution in [0.2, 0.25) is 0 Å². The van der Waals surface area contributed by atoms with E-state index in [2.05, 4.69) is 31.9 Å². The number of hydrogen-bond donors (Lipinski definition) is 9. The summed E-state index contributed by atoms with van der Waals surface area (Å²) in [5, 5.41) is 25.5. The van der Waals surface area contributed by atoms with Crippen LogP contribution in [0.3, 0.4) is 0 Å². The fraction of sp³-hybridized carbons (Fsp3) is 0.660. The van der Waals surface area contributed by atoms with Crippen LogP contribution in [-0.4, -0.2) is 170 Å². The molecular formula is C53H82N8O16S. The Morgan fingerprint density at radius 2 is 1.44 bits per heavy atom. The summed E-state index contributed by atoms with van der Waals surface area (Å²) < 4.78 is 16.4. The summed E-state index contributed by atoms with van der Waals surface area (Å²) in [6, 6.07) is 1.64. The van der Waals surface area contributed by atoms with Gasteiger partial charge in [0, 0.05) is 50.8 Å². The van der Waals surface area contributed by atoms with E-state index in [0.29, 0.717) is 11.3 Å². The van der Waals surface area contributed by atoms with E-state index in [9.17, 15) is 62.6 Å². The van der Waals surface area contributed by atoms with Crippen LogP contribution >= 0.6 is 11.8 Å². The summed E-state index contributed by atoms with van der Waals surface area (Å²) >= 11 is 1.45. The van der Waals surface area contributed by atoms with E-state index in [1.165, 1.54) is 18.7 Å². The first kappa shape index (κ1) is 68.0. The number of benzene rings is 1. The van der Waals surface area contributed by atoms with Gasteiger partial charge in [0.15, 0.2) is 23.1 Å². The first-order valence-corrected chi connectivity index (χ1v) is 27.7. The quantitative estimate of drug-likeness (QED) is 0.0313. The first-order chi connectivity index (χ1) is 36.9. The van der Waals surface area contributed by atoms with Gasteiger partial charge in [0.05, 0.1) is 68.3 Å². The van der Waals surface area contributed by atoms with Gasteiger partial charge in [-0.15, -0.1) is 0 Å². The molecule has 25 heteroatoms. The monoisotopic (exact) mass is 1120 g/mol. The number of amides is 7. The Hall–Kier alpha value is -6.15. The summed E-state index contributed by atoms with van der Waals surface area (Å²) in [7, 11) is 0. The number of aliphatic hydroxyl groups excluding tert-OH is 1. The number of ketones is 4. The molecule has 0 bridgehead atoms. The van der Waals surface area contributed by atoms with Gasteiger partial charge >= 0.3 is 5.97 Å². The van der Waals surface area contributed by atoms with Crippen LogP contribution in [0.15, 0.2) is 30.3 Å². The smallest absolute Gasteiger partial charge is 0.309 e. The Bertz CT molecular complexity index is 2200. The highest BCUT2D eigenvalue weighted by molar-refractivity contribution is 7.98. The molecule has 7 amide bonds. The minimum Gasteiger partial charge on any atom is -0.465 e. The standard InChI is InChI=1S/C53H82N8O16S/c1-8-39-51(72)59-40(20-30(2)3)43(65)23-35(21-33-12-10-9-11-13-33)53(74)77-27-36(49(70)60-41(26-62)52(73)58-39)24-42(64)32(6)57-48(69)34(25-45(55)67)22-44(66)47(31(4)5)61-46(68)15-14-37(63)28-76-19-18-75-17-16-56-50(71)38(54)29-78-7/h9-13,30-32,34-36,38-41,47,62H,8,14-29,54H2,1-7H3,(H2,55,67)(H,56,71)(H,57,69)(H,58,73)(H,59,72)(H,60,70)(H,61,68)/t32-,34-,35+,36-,38-,39-,40-,41-,47-/m0/s1. The highest BCUT2D eigenvalue weighted by Gasteiger charge is 2.37. The lowest BCUT2D eigenvalue weighted by Crippen LogP contribution is -2.57. The lowest BCUT2D eigenvalue weighted by molar-refractivity contribution is -0.154. The molecule has 2 rings (SSSR count). The molecule has 9 atom stereocenters. The Morgan fingerprint density at radius 3 is 2.05 bits per heavy atom. The van der Waals surface area contributed by atoms with Crippen LogP contribution in [0.1, 0.15) is 98.5 Å². The second-order valence-corrected chi connectivity index (χ2v) is 21.0. The number of nitrogens with two attached hydrogens (primary N) is 2. The molecule has 0 unspecified atom stereocenters. The summed E-state index contributed by atoms with van der Waals surface area (Å²) in [4.78, 5) is 160. The number of cyclic esters (lactones) is 1. The third-order valence-electron chi connectivity index (χ3n) is 12.6. The van der Waals surface area contributed by atoms with Gasteiger partial charge in [-0.1, -0.05) is 65.0 Å². The highest BCUT2D eigenvalue weighted by atomic mass is 32.2. The van der Waals surface area contributed by atoms with Crippen molar-refractivity contribution in [3.05, 3.63) is 35.9 Å². The van der Waals surface area contributed by atoms with Crippen LogP contribution in [0, 0.1) is 29.6 Å². The average molecular weight is 1120 g/mol. The van der Waals surface area contributed by atoms with E-state index in [0.717, 1.165) is 0 Å². The molecule has 1 aromatic carbocycles. The molecule has 0 saturated carbocycles. The maximum atomic E-state index is 13.9. The number of hydrogen-bond acceptors (Lipinski definition) is 18. The van der Waals surface area contributed by atoms with Crippen LogP contribution in [0.25, 0.3) is 0 Å². The molecule has 1 saturated heterocycles. The number of esters is 1. The second-order valence-electron chi connectivity index (χ2n) is 20.1. The van der Waals surface area contributed by atoms with Crippen LogP contribution < -0.4 is 43.4 Å². The molecule has 24 nitrogen and oxygen atoms in total. The number of primary amides is 1. The minimum absolute atomic E-state index is 0.0306. The van der Waals surface area contributed by atoms with Crippen molar-refractivity contribution in [2.24, 2.45) is 41.1 Å². The maximum absolute atomic E-state index is 13.9. The molecule has 436 valence electrons. The predicted molar refractivity (Wildman–Crippen MR) is 287 cm³/mol. The third-order valence-corrected chi connectivity index (χ3v) is 13.2. The molecule has 1 aromatic rings. The van der Waals surface area contributed by atoms with Crippen molar-refractivity contribution in [1.82, 2.24) is 31.9 Å². The van der Waals surface area contributed by atoms with E-state index in [4.69, 9.17) is 25.7 Å². The molecule has 1 heterocycles. The summed E-state index contributed by atoms with van der Waals surface area (Å²) in [5.74, 6) is -13.0. The topological polar surface area (TPSA) is 377 Å². The fourth-order valence-corrected chi connectivity index (χ4v) is 8.61. The molecule has 0 radical (unpaired) electrons. The molecule has 1 fully saturated rings. The van der Waals surface area contributed by atoms with Crippen molar-refractivity contribution in [1.29, 1.82) is 0 Å². The van der Waals surface area contributed by atoms with E-state index in [-0.39, 0.29) is 83.3 Å². The van der Waals surface area contributed by atoms with Crippen molar-refractivity contribution < 1.29 is 76.9 Å². The molecule has 1 aliphatic heterocycles. The van der Waals surface area contributed by atoms with Gasteiger partial charge < -0.3 is 62.7 Å². The van der Waals surface area contributed by atoms with Crippen molar-refractivity contribution >= 4 is 82.2 Å². The Kier molecular flexibility index (Phi) is 31.5. The van der Waals surface area contributed by atoms with E-state index in [1.54, 1.807) is 51.1 Å². The largest absolute Gasteiger partial charge is 0.465 e. The zero-order valence-electron chi connectivity index (χ0n) is 45.9. The molecule has 1 aliphatic rings. The maximum Gasteiger partial charge on any atom is 0.309 e. The lowest BCUT2D eigenvalue weighted by atomic mass is 9.89. The van der Waals surface area contributed by atoms with Gasteiger partial charge in [0.25, 0.3) is 0 Å². The van der Waals surface area contributed by atoms with Crippen LogP contribution in [0.5, 0.6) is 0 Å². The first-order valence-electron chi connectivity index (χ1n) is 26.3. The van der Waals surface area contributed by atoms with Gasteiger partial charge in [0.1, 0.15) is 25.3 Å². The Morgan fingerprint density at radius 1 is 0.795 bits per heavy atom. The number of aliphatic hydroxyl groups is 1. The second kappa shape index (κ2) is 36.1. The molecule has 78 heavy (non-hydrogen) atoms. The normalized spacial score (nSPS) is 20.2.